The average Bonchev–Trinajstić information content (AvgIpc) is 2.20. The van der Waals surface area contributed by atoms with Crippen molar-refractivity contribution in [3.63, 3.8) is 0 Å². The summed E-state index contributed by atoms with van der Waals surface area (Å²) in [7, 11) is 0. The summed E-state index contributed by atoms with van der Waals surface area (Å²) in [6.07, 6.45) is 5.22. The van der Waals surface area contributed by atoms with E-state index in [0.717, 1.165) is 32.4 Å². The number of nitrogens with zero attached hydrogens (tertiary/aromatic N) is 1. The summed E-state index contributed by atoms with van der Waals surface area (Å²) in [4.78, 5) is 17.0. The minimum absolute atomic E-state index is 0.144. The SMILES string of the molecule is C=CCC1CCN(OC(=O)C(C)(C)C)CC1. The third kappa shape index (κ3) is 3.97. The molecular weight excluding hydrogens is 202 g/mol. The fourth-order valence-electron chi connectivity index (χ4n) is 1.73. The van der Waals surface area contributed by atoms with Gasteiger partial charge < -0.3 is 4.84 Å². The van der Waals surface area contributed by atoms with Crippen LogP contribution in [0.2, 0.25) is 0 Å². The van der Waals surface area contributed by atoms with Gasteiger partial charge in [0.05, 0.1) is 5.41 Å². The molecule has 0 saturated carbocycles. The monoisotopic (exact) mass is 225 g/mol. The number of allylic oxidation sites excluding steroid dienone is 1. The molecule has 0 aromatic heterocycles. The first-order valence-corrected chi connectivity index (χ1v) is 6.01. The van der Waals surface area contributed by atoms with Crippen LogP contribution in [0.25, 0.3) is 0 Å². The molecule has 0 aliphatic carbocycles. The van der Waals surface area contributed by atoms with Crippen molar-refractivity contribution in [2.24, 2.45) is 11.3 Å². The Labute approximate surface area is 98.4 Å². The quantitative estimate of drug-likeness (QED) is 0.692. The highest BCUT2D eigenvalue weighted by Gasteiger charge is 2.27. The largest absolute Gasteiger partial charge is 0.367 e. The Bertz CT molecular complexity index is 247. The van der Waals surface area contributed by atoms with E-state index in [1.165, 1.54) is 0 Å². The summed E-state index contributed by atoms with van der Waals surface area (Å²) in [5.41, 5.74) is -0.419. The van der Waals surface area contributed by atoms with Crippen molar-refractivity contribution in [1.29, 1.82) is 0 Å². The van der Waals surface area contributed by atoms with E-state index in [-0.39, 0.29) is 5.97 Å². The molecule has 0 aromatic carbocycles. The van der Waals surface area contributed by atoms with Crippen LogP contribution < -0.4 is 0 Å². The molecule has 3 nitrogen and oxygen atoms in total. The molecule has 0 amide bonds. The number of carbonyl (C=O) groups excluding carboxylic acids is 1. The van der Waals surface area contributed by atoms with Crippen LogP contribution in [0.3, 0.4) is 0 Å². The molecule has 0 bridgehead atoms. The van der Waals surface area contributed by atoms with Gasteiger partial charge in [0.15, 0.2) is 0 Å². The smallest absolute Gasteiger partial charge is 0.330 e. The Morgan fingerprint density at radius 3 is 2.44 bits per heavy atom. The van der Waals surface area contributed by atoms with Crippen molar-refractivity contribution >= 4 is 5.97 Å². The van der Waals surface area contributed by atoms with Gasteiger partial charge in [0.1, 0.15) is 0 Å². The zero-order valence-electron chi connectivity index (χ0n) is 10.7. The highest BCUT2D eigenvalue weighted by atomic mass is 16.7. The highest BCUT2D eigenvalue weighted by molar-refractivity contribution is 5.75. The molecule has 1 fully saturated rings. The Hall–Kier alpha value is -0.830. The van der Waals surface area contributed by atoms with E-state index in [4.69, 9.17) is 4.84 Å². The first kappa shape index (κ1) is 13.2. The van der Waals surface area contributed by atoms with Crippen molar-refractivity contribution in [3.05, 3.63) is 12.7 Å². The minimum Gasteiger partial charge on any atom is -0.367 e. The number of rotatable bonds is 3. The topological polar surface area (TPSA) is 29.5 Å². The summed E-state index contributed by atoms with van der Waals surface area (Å²) in [5, 5.41) is 1.80. The number of hydroxylamine groups is 2. The van der Waals surface area contributed by atoms with E-state index in [1.54, 1.807) is 5.06 Å². The van der Waals surface area contributed by atoms with Gasteiger partial charge in [0, 0.05) is 13.1 Å². The molecule has 16 heavy (non-hydrogen) atoms. The lowest BCUT2D eigenvalue weighted by atomic mass is 9.94. The molecule has 1 saturated heterocycles. The van der Waals surface area contributed by atoms with Crippen LogP contribution in [0.5, 0.6) is 0 Å². The molecule has 0 atom stereocenters. The molecule has 1 heterocycles. The van der Waals surface area contributed by atoms with Gasteiger partial charge in [0.2, 0.25) is 0 Å². The highest BCUT2D eigenvalue weighted by Crippen LogP contribution is 2.23. The van der Waals surface area contributed by atoms with Crippen LogP contribution in [0.1, 0.15) is 40.0 Å². The zero-order chi connectivity index (χ0) is 12.2. The van der Waals surface area contributed by atoms with Gasteiger partial charge in [0.25, 0.3) is 0 Å². The average molecular weight is 225 g/mol. The van der Waals surface area contributed by atoms with Gasteiger partial charge in [-0.15, -0.1) is 11.6 Å². The van der Waals surface area contributed by atoms with Gasteiger partial charge in [-0.3, -0.25) is 0 Å². The fourth-order valence-corrected chi connectivity index (χ4v) is 1.73. The molecule has 0 aromatic rings. The first-order chi connectivity index (χ1) is 7.43. The lowest BCUT2D eigenvalue weighted by Gasteiger charge is -2.31. The molecule has 1 aliphatic rings. The van der Waals surface area contributed by atoms with Gasteiger partial charge in [-0.25, -0.2) is 4.79 Å². The summed E-state index contributed by atoms with van der Waals surface area (Å²) in [6, 6.07) is 0. The van der Waals surface area contributed by atoms with E-state index in [1.807, 2.05) is 26.8 Å². The number of hydrogen-bond acceptors (Lipinski definition) is 3. The maximum atomic E-state index is 11.7. The molecule has 0 radical (unpaired) electrons. The Kier molecular flexibility index (Phi) is 4.54. The maximum Gasteiger partial charge on any atom is 0.330 e. The van der Waals surface area contributed by atoms with Crippen LogP contribution in [0, 0.1) is 11.3 Å². The Morgan fingerprint density at radius 1 is 1.44 bits per heavy atom. The Balaban J connectivity index is 2.32. The van der Waals surface area contributed by atoms with Crippen LogP contribution in [-0.4, -0.2) is 24.1 Å². The molecule has 0 N–H and O–H groups in total. The van der Waals surface area contributed by atoms with Gasteiger partial charge in [-0.1, -0.05) is 6.08 Å². The maximum absolute atomic E-state index is 11.7. The van der Waals surface area contributed by atoms with Crippen LogP contribution in [-0.2, 0) is 9.63 Å². The summed E-state index contributed by atoms with van der Waals surface area (Å²) in [6.45, 7) is 11.1. The van der Waals surface area contributed by atoms with Crippen molar-refractivity contribution in [3.8, 4) is 0 Å². The molecule has 1 rings (SSSR count). The van der Waals surface area contributed by atoms with Crippen molar-refractivity contribution in [2.45, 2.75) is 40.0 Å². The van der Waals surface area contributed by atoms with E-state index >= 15 is 0 Å². The second-order valence-electron chi connectivity index (χ2n) is 5.53. The van der Waals surface area contributed by atoms with Crippen LogP contribution in [0.4, 0.5) is 0 Å². The van der Waals surface area contributed by atoms with Crippen molar-refractivity contribution in [1.82, 2.24) is 5.06 Å². The van der Waals surface area contributed by atoms with Crippen LogP contribution >= 0.6 is 0 Å². The Morgan fingerprint density at radius 2 is 2.00 bits per heavy atom. The zero-order valence-corrected chi connectivity index (χ0v) is 10.7. The van der Waals surface area contributed by atoms with E-state index in [2.05, 4.69) is 6.58 Å². The van der Waals surface area contributed by atoms with Gasteiger partial charge in [-0.2, -0.15) is 0 Å². The lowest BCUT2D eigenvalue weighted by Crippen LogP contribution is -2.38. The van der Waals surface area contributed by atoms with Gasteiger partial charge >= 0.3 is 5.97 Å². The predicted molar refractivity (Wildman–Crippen MR) is 64.7 cm³/mol. The first-order valence-electron chi connectivity index (χ1n) is 6.01. The van der Waals surface area contributed by atoms with Crippen LogP contribution in [0.15, 0.2) is 12.7 Å². The van der Waals surface area contributed by atoms with E-state index in [0.29, 0.717) is 5.92 Å². The third-order valence-electron chi connectivity index (χ3n) is 2.90. The lowest BCUT2D eigenvalue weighted by molar-refractivity contribution is -0.205. The molecule has 0 spiro atoms. The molecule has 3 heteroatoms. The molecule has 92 valence electrons. The number of carbonyl (C=O) groups is 1. The van der Waals surface area contributed by atoms with E-state index < -0.39 is 5.41 Å². The molecular formula is C13H23NO2. The number of hydrogen-bond donors (Lipinski definition) is 0. The third-order valence-corrected chi connectivity index (χ3v) is 2.90. The summed E-state index contributed by atoms with van der Waals surface area (Å²) >= 11 is 0. The van der Waals surface area contributed by atoms with Crippen molar-refractivity contribution in [2.75, 3.05) is 13.1 Å². The minimum atomic E-state index is -0.419. The second-order valence-corrected chi connectivity index (χ2v) is 5.53. The second kappa shape index (κ2) is 5.48. The predicted octanol–water partition coefficient (Wildman–Crippen LogP) is 2.78. The normalized spacial score (nSPS) is 19.4. The fraction of sp³-hybridized carbons (Fsp3) is 0.769. The van der Waals surface area contributed by atoms with Gasteiger partial charge in [-0.05, 0) is 46.0 Å². The summed E-state index contributed by atoms with van der Waals surface area (Å²) in [5.74, 6) is 0.566. The molecule has 0 unspecified atom stereocenters. The van der Waals surface area contributed by atoms with E-state index in [9.17, 15) is 4.79 Å². The molecule has 1 aliphatic heterocycles. The van der Waals surface area contributed by atoms with Crippen molar-refractivity contribution < 1.29 is 9.63 Å². The standard InChI is InChI=1S/C13H23NO2/c1-5-6-11-7-9-14(10-8-11)16-12(15)13(2,3)4/h5,11H,1,6-10H2,2-4H3. The number of piperidine rings is 1. The summed E-state index contributed by atoms with van der Waals surface area (Å²) < 4.78 is 0.